The largest absolute Gasteiger partial charge is 0.508 e. The fourth-order valence-electron chi connectivity index (χ4n) is 13.3. The Kier molecular flexibility index (Phi) is 25.7. The van der Waals surface area contributed by atoms with Crippen LogP contribution in [0.2, 0.25) is 15.1 Å². The highest BCUT2D eigenvalue weighted by Gasteiger charge is 2.52. The van der Waals surface area contributed by atoms with Gasteiger partial charge in [0.05, 0.1) is 57.0 Å². The lowest BCUT2D eigenvalue weighted by atomic mass is 9.86. The van der Waals surface area contributed by atoms with E-state index < -0.39 is 208 Å². The molecule has 18 unspecified atom stereocenters. The van der Waals surface area contributed by atoms with Crippen molar-refractivity contribution in [3.05, 3.63) is 140 Å². The number of aliphatic carboxylic acids is 1. The third-order valence-corrected chi connectivity index (χ3v) is 22.4. The quantitative estimate of drug-likeness (QED) is 0.0413. The summed E-state index contributed by atoms with van der Waals surface area (Å²) in [6.07, 6.45) is -17.3. The number of carbonyl (C=O) groups is 8. The number of aromatic nitrogens is 1. The summed E-state index contributed by atoms with van der Waals surface area (Å²) in [5.41, 5.74) is 14.8. The summed E-state index contributed by atoms with van der Waals surface area (Å²) >= 11 is 23.1. The molecular weight excluding hydrogens is 1570 g/mol. The molecule has 1 aromatic heterocycles. The number of aromatic hydroxyl groups is 3. The molecule has 5 aliphatic rings. The van der Waals surface area contributed by atoms with Crippen LogP contribution in [0, 0.1) is 5.92 Å². The van der Waals surface area contributed by atoms with E-state index in [9.17, 15) is 74.7 Å². The lowest BCUT2D eigenvalue weighted by molar-refractivity contribution is -0.329. The molecule has 2 saturated heterocycles. The molecular formula is C74H81Cl3N10O23S2. The van der Waals surface area contributed by atoms with Crippen molar-refractivity contribution in [2.24, 2.45) is 23.1 Å². The van der Waals surface area contributed by atoms with E-state index in [-0.39, 0.29) is 73.9 Å². The number of rotatable bonds is 22. The Balaban J connectivity index is 1.08. The maximum absolute atomic E-state index is 15.4. The molecule has 33 nitrogen and oxygen atoms in total. The van der Waals surface area contributed by atoms with Crippen molar-refractivity contribution in [3.8, 4) is 57.1 Å². The standard InChI is InChI=1S/C74H81Cl3N10O23S2/c1-27(2)15-42(81-6)67(99)86-56(69(101)82-41(65(79)97)24-51(78)91)58(92)31-8-12-45(38(76)17-31)106-47-19-33-20-48(62(47)110-72-63(109-52-25-74(5,80)64(96)29(4)105-52)61(95)60(94)49(108-72)26-111-73-83-40-21-34(75)10-14-50(40)112-73)107-46-13-9-32(18-39(46)77)59(93)57-70(102)85-55(71(103)104)37-22-35(88)23-44(90)53(37)36-16-30(7-11-43(36)89)54(68(100)87-57)84-66(98)28(33)3/h7-14,16-23,27-29,41-42,49,52,54-61,63-64,72,81,88-90,92-96H,15,24-26,80H2,1-6H3,(H2,78,91)(H2,79,97)(H,82,101)(H,84,98)(H,85,102)(H,86,99)(H,87,100)(H,103,104). The van der Waals surface area contributed by atoms with E-state index in [0.29, 0.717) is 14.9 Å². The van der Waals surface area contributed by atoms with E-state index in [1.165, 1.54) is 74.7 Å². The normalized spacial score (nSPS) is 25.6. The zero-order chi connectivity index (χ0) is 81.4. The van der Waals surface area contributed by atoms with Crippen LogP contribution in [-0.2, 0) is 52.6 Å². The van der Waals surface area contributed by atoms with Gasteiger partial charge in [-0.25, -0.2) is 9.78 Å². The van der Waals surface area contributed by atoms with Crippen molar-refractivity contribution >= 4 is 115 Å². The number of carboxylic acids is 1. The van der Waals surface area contributed by atoms with Crippen LogP contribution >= 0.6 is 57.9 Å². The van der Waals surface area contributed by atoms with Crippen molar-refractivity contribution in [1.29, 1.82) is 0 Å². The smallest absolute Gasteiger partial charge is 0.330 e. The number of primary amides is 2. The van der Waals surface area contributed by atoms with Gasteiger partial charge in [0.1, 0.15) is 77.3 Å². The third kappa shape index (κ3) is 18.4. The fourth-order valence-corrected chi connectivity index (χ4v) is 16.1. The first-order valence-electron chi connectivity index (χ1n) is 34.9. The topological polar surface area (TPSA) is 537 Å². The predicted molar refractivity (Wildman–Crippen MR) is 404 cm³/mol. The minimum Gasteiger partial charge on any atom is -0.508 e. The number of hydrogen-bond donors (Lipinski definition) is 18. The molecule has 0 spiro atoms. The summed E-state index contributed by atoms with van der Waals surface area (Å²) < 4.78 is 41.0. The van der Waals surface area contributed by atoms with Gasteiger partial charge in [-0.1, -0.05) is 78.6 Å². The Bertz CT molecular complexity index is 4810. The second-order valence-electron chi connectivity index (χ2n) is 28.1. The molecule has 38 heteroatoms. The number of aliphatic hydroxyl groups is 5. The van der Waals surface area contributed by atoms with Crippen molar-refractivity contribution in [2.75, 3.05) is 12.8 Å². The number of thiazole rings is 1. The molecule has 7 aromatic rings. The average molecular weight is 1650 g/mol. The summed E-state index contributed by atoms with van der Waals surface area (Å²) in [7, 11) is 1.50. The molecule has 2 fully saturated rings. The molecule has 5 aliphatic heterocycles. The number of benzene rings is 6. The number of nitrogens with two attached hydrogens (primary N) is 3. The molecule has 12 rings (SSSR count). The van der Waals surface area contributed by atoms with Crippen LogP contribution in [-0.4, -0.2) is 190 Å². The number of aliphatic hydroxyl groups excluding tert-OH is 5. The van der Waals surface area contributed by atoms with Crippen molar-refractivity contribution in [2.45, 2.75) is 167 Å². The number of nitrogens with one attached hydrogen (secondary N) is 6. The Morgan fingerprint density at radius 3 is 2.18 bits per heavy atom. The van der Waals surface area contributed by atoms with E-state index in [1.54, 1.807) is 25.1 Å². The van der Waals surface area contributed by atoms with E-state index in [4.69, 9.17) is 80.4 Å². The minimum absolute atomic E-state index is 0.0644. The number of carbonyl (C=O) groups excluding carboxylic acids is 7. The number of amides is 7. The SMILES string of the molecule is CNC(CC(C)C)C(=O)NC(C(=O)NC(CC(N)=O)C(N)=O)C(O)c1ccc(Oc2cc3cc(c2OC2OC(CSc4nc5cc(Cl)ccc5s4)C(O)C(O)C2OC2CC(C)(N)C(O)C(C)O2)Oc2ccc(cc2Cl)C(O)C2NC(=O)C(NC(=O)C3C)c3ccc(O)c(c3)-c3c(O)cc(O)cc3C(C(=O)O)NC2=O)c(Cl)c1. The van der Waals surface area contributed by atoms with Gasteiger partial charge in [0.15, 0.2) is 34.3 Å². The Morgan fingerprint density at radius 1 is 0.777 bits per heavy atom. The molecule has 0 radical (unpaired) electrons. The number of fused-ring (bicyclic) bond motifs is 9. The zero-order valence-corrected chi connectivity index (χ0v) is 64.2. The molecule has 598 valence electrons. The van der Waals surface area contributed by atoms with E-state index >= 15 is 9.59 Å². The second kappa shape index (κ2) is 34.5. The number of phenolic OH excluding ortho intramolecular Hbond substituents is 3. The van der Waals surface area contributed by atoms with Gasteiger partial charge in [0.25, 0.3) is 0 Å². The number of ether oxygens (including phenoxy) is 6. The highest BCUT2D eigenvalue weighted by atomic mass is 35.5. The summed E-state index contributed by atoms with van der Waals surface area (Å²) in [5.74, 6) is -15.4. The van der Waals surface area contributed by atoms with Gasteiger partial charge in [-0.3, -0.25) is 33.6 Å². The maximum Gasteiger partial charge on any atom is 0.330 e. The minimum atomic E-state index is -2.18. The first-order chi connectivity index (χ1) is 52.9. The molecule has 6 heterocycles. The highest BCUT2D eigenvalue weighted by Crippen LogP contribution is 2.50. The summed E-state index contributed by atoms with van der Waals surface area (Å²) in [6.45, 7) is 8.12. The van der Waals surface area contributed by atoms with Crippen LogP contribution < -0.4 is 63.3 Å². The molecule has 112 heavy (non-hydrogen) atoms. The number of thioether (sulfide) groups is 1. The van der Waals surface area contributed by atoms with Crippen LogP contribution in [0.15, 0.2) is 101 Å². The lowest BCUT2D eigenvalue weighted by Gasteiger charge is -2.47. The van der Waals surface area contributed by atoms with Crippen LogP contribution in [0.4, 0.5) is 0 Å². The predicted octanol–water partition coefficient (Wildman–Crippen LogP) is 4.59. The lowest BCUT2D eigenvalue weighted by Crippen LogP contribution is -2.64. The fraction of sp³-hybridized carbons (Fsp3) is 0.392. The van der Waals surface area contributed by atoms with Crippen LogP contribution in [0.1, 0.15) is 112 Å². The summed E-state index contributed by atoms with van der Waals surface area (Å²) in [4.78, 5) is 116. The monoisotopic (exact) mass is 1650 g/mol. The Morgan fingerprint density at radius 2 is 1.51 bits per heavy atom. The molecule has 0 saturated carbocycles. The molecule has 18 atom stereocenters. The molecule has 8 bridgehead atoms. The van der Waals surface area contributed by atoms with Gasteiger partial charge < -0.3 is 123 Å². The number of phenols is 3. The van der Waals surface area contributed by atoms with Gasteiger partial charge >= 0.3 is 5.97 Å². The van der Waals surface area contributed by atoms with Gasteiger partial charge in [-0.15, -0.1) is 11.3 Å². The first kappa shape index (κ1) is 83.5. The van der Waals surface area contributed by atoms with E-state index in [1.807, 2.05) is 13.8 Å². The third-order valence-electron chi connectivity index (χ3n) is 19.3. The molecule has 0 aliphatic carbocycles. The highest BCUT2D eigenvalue weighted by molar-refractivity contribution is 8.01. The summed E-state index contributed by atoms with van der Waals surface area (Å²) in [6, 6.07) is 9.00. The number of nitrogens with zero attached hydrogens (tertiary/aromatic N) is 1. The molecule has 6 aromatic carbocycles. The number of hydrogen-bond acceptors (Lipinski definition) is 27. The van der Waals surface area contributed by atoms with Gasteiger partial charge in [0, 0.05) is 45.5 Å². The second-order valence-corrected chi connectivity index (χ2v) is 31.7. The van der Waals surface area contributed by atoms with E-state index in [0.717, 1.165) is 52.9 Å². The number of halogens is 3. The van der Waals surface area contributed by atoms with Gasteiger partial charge in [0.2, 0.25) is 53.4 Å². The van der Waals surface area contributed by atoms with Crippen molar-refractivity contribution in [1.82, 2.24) is 36.9 Å². The molecule has 7 amide bonds. The van der Waals surface area contributed by atoms with Gasteiger partial charge in [-0.2, -0.15) is 0 Å². The first-order valence-corrected chi connectivity index (χ1v) is 37.8. The van der Waals surface area contributed by atoms with Crippen molar-refractivity contribution < 1.29 is 113 Å². The zero-order valence-electron chi connectivity index (χ0n) is 60.3. The van der Waals surface area contributed by atoms with Crippen LogP contribution in [0.3, 0.4) is 0 Å². The van der Waals surface area contributed by atoms with E-state index in [2.05, 4.69) is 36.9 Å². The van der Waals surface area contributed by atoms with Gasteiger partial charge in [-0.05, 0) is 135 Å². The summed E-state index contributed by atoms with van der Waals surface area (Å²) in [5, 5.41) is 120. The van der Waals surface area contributed by atoms with Crippen molar-refractivity contribution in [3.63, 3.8) is 0 Å². The number of carboxylic acid groups (broad SMARTS) is 1. The van der Waals surface area contributed by atoms with Crippen LogP contribution in [0.25, 0.3) is 21.3 Å². The average Bonchev–Trinajstić information content (AvgIpc) is 0.845. The maximum atomic E-state index is 15.4. The Labute approximate surface area is 661 Å². The number of likely N-dealkylation sites (N-methyl/N-ethyl adjacent to an activating group) is 1. The Hall–Kier alpha value is -9.41. The molecule has 21 N–H and O–H groups in total. The van der Waals surface area contributed by atoms with Crippen LogP contribution in [0.5, 0.6) is 46.0 Å².